The van der Waals surface area contributed by atoms with Crippen LogP contribution in [0, 0.1) is 12.7 Å². The van der Waals surface area contributed by atoms with Crippen LogP contribution in [0.5, 0.6) is 0 Å². The van der Waals surface area contributed by atoms with E-state index in [0.29, 0.717) is 18.4 Å². The molecule has 0 aliphatic rings. The molecule has 0 fully saturated rings. The standard InChI is InChI=1S/C11H12BrFO2/c1-7-5-10(13)8(6-9(7)12)3-2-4-11(14)15/h5-6H,2-4H2,1H3,(H,14,15). The highest BCUT2D eigenvalue weighted by Gasteiger charge is 2.06. The lowest BCUT2D eigenvalue weighted by atomic mass is 10.1. The maximum Gasteiger partial charge on any atom is 0.303 e. The van der Waals surface area contributed by atoms with Crippen molar-refractivity contribution < 1.29 is 14.3 Å². The lowest BCUT2D eigenvalue weighted by Gasteiger charge is -2.05. The zero-order chi connectivity index (χ0) is 11.4. The number of rotatable bonds is 4. The van der Waals surface area contributed by atoms with Crippen LogP contribution in [0.2, 0.25) is 0 Å². The molecule has 1 aromatic rings. The Balaban J connectivity index is 2.69. The molecule has 0 radical (unpaired) electrons. The summed E-state index contributed by atoms with van der Waals surface area (Å²) in [5, 5.41) is 8.46. The van der Waals surface area contributed by atoms with Crippen molar-refractivity contribution in [3.63, 3.8) is 0 Å². The zero-order valence-electron chi connectivity index (χ0n) is 8.39. The van der Waals surface area contributed by atoms with Crippen molar-refractivity contribution in [3.05, 3.63) is 33.5 Å². The van der Waals surface area contributed by atoms with E-state index >= 15 is 0 Å². The summed E-state index contributed by atoms with van der Waals surface area (Å²) in [7, 11) is 0. The monoisotopic (exact) mass is 274 g/mol. The Morgan fingerprint density at radius 3 is 2.80 bits per heavy atom. The molecule has 1 rings (SSSR count). The minimum Gasteiger partial charge on any atom is -0.481 e. The van der Waals surface area contributed by atoms with Crippen molar-refractivity contribution in [2.24, 2.45) is 0 Å². The molecule has 0 spiro atoms. The lowest BCUT2D eigenvalue weighted by Crippen LogP contribution is -1.98. The summed E-state index contributed by atoms with van der Waals surface area (Å²) in [5.41, 5.74) is 1.41. The second-order valence-electron chi connectivity index (χ2n) is 3.44. The third-order valence-electron chi connectivity index (χ3n) is 2.16. The molecular weight excluding hydrogens is 263 g/mol. The molecule has 0 saturated carbocycles. The molecule has 15 heavy (non-hydrogen) atoms. The van der Waals surface area contributed by atoms with Gasteiger partial charge in [-0.25, -0.2) is 4.39 Å². The van der Waals surface area contributed by atoms with Crippen LogP contribution >= 0.6 is 15.9 Å². The van der Waals surface area contributed by atoms with Gasteiger partial charge in [0.1, 0.15) is 5.82 Å². The number of aryl methyl sites for hydroxylation is 2. The number of carboxylic acids is 1. The number of carboxylic acid groups (broad SMARTS) is 1. The minimum atomic E-state index is -0.846. The van der Waals surface area contributed by atoms with Gasteiger partial charge in [-0.2, -0.15) is 0 Å². The van der Waals surface area contributed by atoms with Crippen LogP contribution in [0.25, 0.3) is 0 Å². The number of carbonyl (C=O) groups is 1. The van der Waals surface area contributed by atoms with Crippen molar-refractivity contribution in [2.45, 2.75) is 26.2 Å². The largest absolute Gasteiger partial charge is 0.481 e. The summed E-state index contributed by atoms with van der Waals surface area (Å²) in [6, 6.07) is 3.17. The Kier molecular flexibility index (Phi) is 4.27. The lowest BCUT2D eigenvalue weighted by molar-refractivity contribution is -0.137. The second kappa shape index (κ2) is 5.26. The quantitative estimate of drug-likeness (QED) is 0.915. The van der Waals surface area contributed by atoms with Crippen LogP contribution in [0.1, 0.15) is 24.0 Å². The molecule has 0 aliphatic heterocycles. The molecule has 2 nitrogen and oxygen atoms in total. The molecule has 0 atom stereocenters. The van der Waals surface area contributed by atoms with Gasteiger partial charge in [0.05, 0.1) is 0 Å². The zero-order valence-corrected chi connectivity index (χ0v) is 9.97. The molecule has 0 saturated heterocycles. The van der Waals surface area contributed by atoms with Crippen molar-refractivity contribution in [2.75, 3.05) is 0 Å². The Bertz CT molecular complexity index is 377. The highest BCUT2D eigenvalue weighted by Crippen LogP contribution is 2.21. The summed E-state index contributed by atoms with van der Waals surface area (Å²) in [5.74, 6) is -1.11. The van der Waals surface area contributed by atoms with Crippen molar-refractivity contribution >= 4 is 21.9 Å². The Morgan fingerprint density at radius 2 is 2.20 bits per heavy atom. The second-order valence-corrected chi connectivity index (χ2v) is 4.29. The number of hydrogen-bond acceptors (Lipinski definition) is 1. The molecule has 0 heterocycles. The van der Waals surface area contributed by atoms with Gasteiger partial charge in [-0.3, -0.25) is 4.79 Å². The van der Waals surface area contributed by atoms with Gasteiger partial charge in [-0.15, -0.1) is 0 Å². The van der Waals surface area contributed by atoms with Crippen molar-refractivity contribution in [1.29, 1.82) is 0 Å². The highest BCUT2D eigenvalue weighted by molar-refractivity contribution is 9.10. The fraction of sp³-hybridized carbons (Fsp3) is 0.364. The predicted octanol–water partition coefficient (Wildman–Crippen LogP) is 3.30. The van der Waals surface area contributed by atoms with E-state index in [1.165, 1.54) is 6.07 Å². The average molecular weight is 275 g/mol. The molecule has 0 amide bonds. The van der Waals surface area contributed by atoms with E-state index in [1.807, 2.05) is 6.92 Å². The normalized spacial score (nSPS) is 10.3. The SMILES string of the molecule is Cc1cc(F)c(CCCC(=O)O)cc1Br. The van der Waals surface area contributed by atoms with E-state index in [1.54, 1.807) is 6.07 Å². The van der Waals surface area contributed by atoms with E-state index in [0.717, 1.165) is 10.0 Å². The first kappa shape index (κ1) is 12.2. The van der Waals surface area contributed by atoms with Crippen LogP contribution < -0.4 is 0 Å². The van der Waals surface area contributed by atoms with Gasteiger partial charge in [-0.05, 0) is 43.0 Å². The fourth-order valence-electron chi connectivity index (χ4n) is 1.31. The van der Waals surface area contributed by atoms with Crippen molar-refractivity contribution in [3.8, 4) is 0 Å². The van der Waals surface area contributed by atoms with Crippen LogP contribution in [0.15, 0.2) is 16.6 Å². The van der Waals surface area contributed by atoms with Gasteiger partial charge in [0.25, 0.3) is 0 Å². The van der Waals surface area contributed by atoms with E-state index < -0.39 is 5.97 Å². The Morgan fingerprint density at radius 1 is 1.53 bits per heavy atom. The maximum absolute atomic E-state index is 13.4. The first-order valence-electron chi connectivity index (χ1n) is 4.67. The number of aliphatic carboxylic acids is 1. The molecule has 0 bridgehead atoms. The van der Waals surface area contributed by atoms with Gasteiger partial charge in [0.2, 0.25) is 0 Å². The number of halogens is 2. The molecular formula is C11H12BrFO2. The van der Waals surface area contributed by atoms with Gasteiger partial charge < -0.3 is 5.11 Å². The third kappa shape index (κ3) is 3.63. The van der Waals surface area contributed by atoms with Crippen LogP contribution in [-0.4, -0.2) is 11.1 Å². The first-order valence-corrected chi connectivity index (χ1v) is 5.46. The molecule has 0 aromatic heterocycles. The molecule has 4 heteroatoms. The van der Waals surface area contributed by atoms with Crippen molar-refractivity contribution in [1.82, 2.24) is 0 Å². The predicted molar refractivity (Wildman–Crippen MR) is 59.4 cm³/mol. The average Bonchev–Trinajstić information content (AvgIpc) is 2.13. The summed E-state index contributed by atoms with van der Waals surface area (Å²) in [6.07, 6.45) is 0.990. The molecule has 0 unspecified atom stereocenters. The summed E-state index contributed by atoms with van der Waals surface area (Å²) < 4.78 is 14.2. The van der Waals surface area contributed by atoms with Gasteiger partial charge >= 0.3 is 5.97 Å². The van der Waals surface area contributed by atoms with Gasteiger partial charge in [0.15, 0.2) is 0 Å². The number of benzene rings is 1. The van der Waals surface area contributed by atoms with E-state index in [2.05, 4.69) is 15.9 Å². The molecule has 0 aliphatic carbocycles. The smallest absolute Gasteiger partial charge is 0.303 e. The van der Waals surface area contributed by atoms with E-state index in [-0.39, 0.29) is 12.2 Å². The summed E-state index contributed by atoms with van der Waals surface area (Å²) in [4.78, 5) is 10.3. The minimum absolute atomic E-state index is 0.0743. The van der Waals surface area contributed by atoms with Crippen LogP contribution in [0.3, 0.4) is 0 Å². The van der Waals surface area contributed by atoms with Gasteiger partial charge in [-0.1, -0.05) is 15.9 Å². The van der Waals surface area contributed by atoms with Gasteiger partial charge in [0, 0.05) is 10.9 Å². The summed E-state index contributed by atoms with van der Waals surface area (Å²) >= 11 is 3.32. The Labute approximate surface area is 96.2 Å². The molecule has 82 valence electrons. The van der Waals surface area contributed by atoms with E-state index in [9.17, 15) is 9.18 Å². The molecule has 1 aromatic carbocycles. The maximum atomic E-state index is 13.4. The fourth-order valence-corrected chi connectivity index (χ4v) is 1.70. The van der Waals surface area contributed by atoms with Crippen LogP contribution in [0.4, 0.5) is 4.39 Å². The Hall–Kier alpha value is -0.900. The molecule has 1 N–H and O–H groups in total. The topological polar surface area (TPSA) is 37.3 Å². The number of hydrogen-bond donors (Lipinski definition) is 1. The van der Waals surface area contributed by atoms with Crippen LogP contribution in [-0.2, 0) is 11.2 Å². The highest BCUT2D eigenvalue weighted by atomic mass is 79.9. The third-order valence-corrected chi connectivity index (χ3v) is 3.02. The van der Waals surface area contributed by atoms with E-state index in [4.69, 9.17) is 5.11 Å². The summed E-state index contributed by atoms with van der Waals surface area (Å²) in [6.45, 7) is 1.81. The first-order chi connectivity index (χ1) is 7.00.